The van der Waals surface area contributed by atoms with Gasteiger partial charge in [-0.15, -0.1) is 0 Å². The molecule has 1 fully saturated rings. The molecular formula is C18H25Cl2NZr. The van der Waals surface area contributed by atoms with Crippen LogP contribution >= 0.6 is 0 Å². The molecule has 0 radical (unpaired) electrons. The summed E-state index contributed by atoms with van der Waals surface area (Å²) in [6.07, 6.45) is 1.33. The van der Waals surface area contributed by atoms with Gasteiger partial charge in [0.25, 0.3) is 0 Å². The Kier molecular flexibility index (Phi) is 6.09. The van der Waals surface area contributed by atoms with Crippen LogP contribution in [0.5, 0.6) is 0 Å². The average Bonchev–Trinajstić information content (AvgIpc) is 2.73. The summed E-state index contributed by atoms with van der Waals surface area (Å²) in [5, 5.41) is 0. The van der Waals surface area contributed by atoms with Gasteiger partial charge in [-0.05, 0) is 0 Å². The fraction of sp³-hybridized carbons (Fsp3) is 0.556. The van der Waals surface area contributed by atoms with Gasteiger partial charge in [-0.2, -0.15) is 0 Å². The van der Waals surface area contributed by atoms with Crippen LogP contribution in [0, 0.1) is 26.7 Å². The first-order chi connectivity index (χ1) is 9.30. The molecule has 4 heteroatoms. The van der Waals surface area contributed by atoms with Crippen molar-refractivity contribution in [3.8, 4) is 0 Å². The van der Waals surface area contributed by atoms with Gasteiger partial charge in [0.2, 0.25) is 0 Å². The molecule has 1 aromatic rings. The molecule has 0 bridgehead atoms. The van der Waals surface area contributed by atoms with Crippen LogP contribution in [0.2, 0.25) is 3.12 Å². The molecule has 2 atom stereocenters. The van der Waals surface area contributed by atoms with Gasteiger partial charge >= 0.3 is 135 Å². The van der Waals surface area contributed by atoms with Crippen LogP contribution in [-0.4, -0.2) is 4.98 Å². The maximum Gasteiger partial charge on any atom is -1.00 e. The number of aromatic nitrogens is 1. The normalized spacial score (nSPS) is 26.0. The molecular weight excluding hydrogens is 392 g/mol. The summed E-state index contributed by atoms with van der Waals surface area (Å²) < 4.78 is 2.11. The van der Waals surface area contributed by atoms with Crippen molar-refractivity contribution in [1.29, 1.82) is 0 Å². The van der Waals surface area contributed by atoms with E-state index >= 15 is 0 Å². The minimum atomic E-state index is -0.689. The zero-order chi connectivity index (χ0) is 14.8. The Morgan fingerprint density at radius 1 is 0.955 bits per heavy atom. The number of aryl methyl sites for hydroxylation is 1. The number of allylic oxidation sites excluding steroid dienone is 4. The summed E-state index contributed by atoms with van der Waals surface area (Å²) in [7, 11) is 0. The molecule has 1 N–H and O–H groups in total. The third-order valence-corrected chi connectivity index (χ3v) is 11.7. The van der Waals surface area contributed by atoms with Gasteiger partial charge in [-0.1, -0.05) is 0 Å². The average molecular weight is 418 g/mol. The van der Waals surface area contributed by atoms with Crippen molar-refractivity contribution >= 4 is 3.40 Å². The fourth-order valence-corrected chi connectivity index (χ4v) is 9.46. The number of hydrogen-bond acceptors (Lipinski definition) is 0. The van der Waals surface area contributed by atoms with E-state index in [1.807, 2.05) is 0 Å². The Labute approximate surface area is 158 Å². The quantitative estimate of drug-likeness (QED) is 0.605. The molecule has 1 heterocycles. The van der Waals surface area contributed by atoms with Crippen LogP contribution in [0.25, 0.3) is 0 Å². The molecule has 22 heavy (non-hydrogen) atoms. The minimum absolute atomic E-state index is 0. The maximum atomic E-state index is 3.72. The Balaban J connectivity index is 0.00000121. The zero-order valence-electron chi connectivity index (χ0n) is 14.5. The molecule has 2 aliphatic carbocycles. The monoisotopic (exact) mass is 415 g/mol. The van der Waals surface area contributed by atoms with Gasteiger partial charge in [-0.3, -0.25) is 0 Å². The van der Waals surface area contributed by atoms with E-state index in [1.165, 1.54) is 23.2 Å². The number of aromatic amines is 1. The van der Waals surface area contributed by atoms with Gasteiger partial charge in [0, 0.05) is 0 Å². The Morgan fingerprint density at radius 2 is 1.55 bits per heavy atom. The molecule has 1 aromatic heterocycles. The summed E-state index contributed by atoms with van der Waals surface area (Å²) in [6.45, 7) is 16.3. The Hall–Kier alpha value is 0.223. The van der Waals surface area contributed by atoms with Crippen molar-refractivity contribution < 1.29 is 48.0 Å². The van der Waals surface area contributed by atoms with Gasteiger partial charge < -0.3 is 24.8 Å². The van der Waals surface area contributed by atoms with Crippen molar-refractivity contribution in [1.82, 2.24) is 4.98 Å². The molecule has 2 aliphatic rings. The second-order valence-electron chi connectivity index (χ2n) is 6.77. The molecule has 3 rings (SSSR count). The van der Waals surface area contributed by atoms with Gasteiger partial charge in [-0.25, -0.2) is 0 Å². The molecule has 0 aromatic carbocycles. The molecule has 0 spiro atoms. The number of halogens is 2. The van der Waals surface area contributed by atoms with E-state index in [4.69, 9.17) is 0 Å². The molecule has 1 nitrogen and oxygen atoms in total. The number of fused-ring (bicyclic) bond motifs is 1. The summed E-state index contributed by atoms with van der Waals surface area (Å²) in [5.74, 6) is 0.847. The predicted octanol–water partition coefficient (Wildman–Crippen LogP) is -1.48. The van der Waals surface area contributed by atoms with E-state index in [2.05, 4.69) is 53.5 Å². The van der Waals surface area contributed by atoms with Crippen molar-refractivity contribution in [2.45, 2.75) is 58.0 Å². The van der Waals surface area contributed by atoms with E-state index in [9.17, 15) is 0 Å². The zero-order valence-corrected chi connectivity index (χ0v) is 18.5. The van der Waals surface area contributed by atoms with Gasteiger partial charge in [0.05, 0.1) is 0 Å². The van der Waals surface area contributed by atoms with Gasteiger partial charge in [0.1, 0.15) is 0 Å². The third-order valence-electron chi connectivity index (χ3n) is 6.03. The number of H-pyrrole nitrogens is 1. The Bertz CT molecular complexity index is 649. The first-order valence-electron chi connectivity index (χ1n) is 7.63. The molecule has 0 aliphatic heterocycles. The first kappa shape index (κ1) is 20.3. The number of hydrogen-bond donors (Lipinski definition) is 1. The van der Waals surface area contributed by atoms with Crippen LogP contribution in [0.15, 0.2) is 22.3 Å². The van der Waals surface area contributed by atoms with E-state index in [-0.39, 0.29) is 24.8 Å². The van der Waals surface area contributed by atoms with Crippen LogP contribution in [0.4, 0.5) is 0 Å². The fourth-order valence-electron chi connectivity index (χ4n) is 4.09. The van der Waals surface area contributed by atoms with Crippen molar-refractivity contribution in [2.75, 3.05) is 0 Å². The van der Waals surface area contributed by atoms with E-state index < -0.39 is 23.2 Å². The molecule has 2 unspecified atom stereocenters. The summed E-state index contributed by atoms with van der Waals surface area (Å²) >= 11 is -0.689. The molecule has 120 valence electrons. The van der Waals surface area contributed by atoms with Crippen LogP contribution in [0.3, 0.4) is 0 Å². The molecule has 0 saturated heterocycles. The van der Waals surface area contributed by atoms with E-state index in [1.54, 1.807) is 25.7 Å². The van der Waals surface area contributed by atoms with Crippen molar-refractivity contribution in [3.63, 3.8) is 0 Å². The van der Waals surface area contributed by atoms with E-state index in [0.29, 0.717) is 3.12 Å². The number of nitrogens with one attached hydrogen (secondary N) is 1. The van der Waals surface area contributed by atoms with E-state index in [0.717, 1.165) is 5.92 Å². The largest absolute Gasteiger partial charge is 1.00 e. The summed E-state index contributed by atoms with van der Waals surface area (Å²) in [5.41, 5.74) is 11.1. The topological polar surface area (TPSA) is 15.8 Å². The van der Waals surface area contributed by atoms with Gasteiger partial charge in [0.15, 0.2) is 0 Å². The molecule has 1 saturated carbocycles. The van der Waals surface area contributed by atoms with Crippen LogP contribution < -0.4 is 28.2 Å². The smallest absolute Gasteiger partial charge is 1.00 e. The number of rotatable bonds is 2. The molecule has 0 amide bonds. The van der Waals surface area contributed by atoms with Crippen molar-refractivity contribution in [2.24, 2.45) is 5.92 Å². The third kappa shape index (κ3) is 2.45. The maximum absolute atomic E-state index is 3.72. The van der Waals surface area contributed by atoms with Crippen molar-refractivity contribution in [3.05, 3.63) is 39.1 Å². The summed E-state index contributed by atoms with van der Waals surface area (Å²) in [6, 6.07) is 0. The standard InChI is InChI=1S/C11H15.C7H10N.2ClH.Zr/c1-6-5-10-8(3)7(2)9(4)11(6)10;1-5-4-8-7(3)6(5)2;;;/h6H,5H2,1-4H3;8H,1-3H3;2*1H;/q;;;;+2/p-2. The second-order valence-corrected chi connectivity index (χ2v) is 10.5. The predicted molar refractivity (Wildman–Crippen MR) is 82.2 cm³/mol. The Morgan fingerprint density at radius 3 is 1.95 bits per heavy atom. The SMILES string of the molecule is CC1=C(C)[C]2([Zr+2][c]3[nH]c(C)c(C)c3C)C(=C1C)CC2C.[Cl-].[Cl-]. The first-order valence-corrected chi connectivity index (χ1v) is 10.1. The van der Waals surface area contributed by atoms with Crippen LogP contribution in [-0.2, 0) is 23.2 Å². The van der Waals surface area contributed by atoms with Crippen LogP contribution in [0.1, 0.15) is 50.9 Å². The second kappa shape index (κ2) is 6.62. The summed E-state index contributed by atoms with van der Waals surface area (Å²) in [4.78, 5) is 3.72. The minimum Gasteiger partial charge on any atom is -1.00 e.